The Balaban J connectivity index is 0.000000284. The van der Waals surface area contributed by atoms with Crippen LogP contribution in [0.15, 0.2) is 182 Å². The summed E-state index contributed by atoms with van der Waals surface area (Å²) in [4.78, 5) is 78.1. The zero-order chi connectivity index (χ0) is 80.4. The largest absolute Gasteiger partial charge is 0.507 e. The average Bonchev–Trinajstić information content (AvgIpc) is 0.784. The minimum absolute atomic E-state index is 0.0339. The summed E-state index contributed by atoms with van der Waals surface area (Å²) in [5, 5.41) is 45.0. The summed E-state index contributed by atoms with van der Waals surface area (Å²) in [6.45, 7) is 13.6. The Morgan fingerprint density at radius 3 is 0.779 bits per heavy atom. The molecule has 0 fully saturated rings. The van der Waals surface area contributed by atoms with Crippen LogP contribution in [0.3, 0.4) is 0 Å². The van der Waals surface area contributed by atoms with Crippen molar-refractivity contribution < 1.29 is 77.5 Å². The number of rotatable bonds is 41. The zero-order valence-electron chi connectivity index (χ0n) is 65.9. The summed E-state index contributed by atoms with van der Waals surface area (Å²) in [5.41, 5.74) is 6.83. The van der Waals surface area contributed by atoms with Crippen molar-refractivity contribution in [1.29, 1.82) is 0 Å². The Kier molecular flexibility index (Phi) is 33.3. The number of carbonyl (C=O) groups excluding carboxylic acids is 4. The van der Waals surface area contributed by atoms with Gasteiger partial charge in [0.05, 0.1) is 49.2 Å². The predicted octanol–water partition coefficient (Wildman–Crippen LogP) is 19.9. The first-order valence-corrected chi connectivity index (χ1v) is 39.2. The highest BCUT2D eigenvalue weighted by molar-refractivity contribution is 5.80. The van der Waals surface area contributed by atoms with Gasteiger partial charge in [0.25, 0.3) is 0 Å². The van der Waals surface area contributed by atoms with Crippen LogP contribution in [0.4, 0.5) is 0 Å². The number of hydrogen-bond acceptors (Lipinski definition) is 22. The number of nitrogens with zero attached hydrogens (tertiary/aromatic N) is 6. The van der Waals surface area contributed by atoms with Crippen LogP contribution < -0.4 is 18.9 Å². The van der Waals surface area contributed by atoms with Gasteiger partial charge in [0.1, 0.15) is 46.0 Å². The summed E-state index contributed by atoms with van der Waals surface area (Å²) in [6.07, 6.45) is 15.3. The lowest BCUT2D eigenvalue weighted by molar-refractivity contribution is -0.152. The van der Waals surface area contributed by atoms with Gasteiger partial charge in [0, 0.05) is 35.4 Å². The fraction of sp³-hybridized carbons (Fsp3) is 0.363. The minimum atomic E-state index is -0.951. The molecule has 0 aliphatic rings. The third kappa shape index (κ3) is 25.8. The van der Waals surface area contributed by atoms with Gasteiger partial charge in [0.15, 0.2) is 59.4 Å². The van der Waals surface area contributed by atoms with E-state index in [2.05, 4.69) is 60.0 Å². The van der Waals surface area contributed by atoms with E-state index in [1.807, 2.05) is 84.9 Å². The SMILES string of the molecule is CCCCCCCCOC(=O)C(C)Oc1ccc(-c2nc(-c3ccc(OC(C)C(=O)OCCCCCCCC)cc3O)nc(-c3ccc(OC(C)C(=O)OCCCCCCCC)cc3O)n2)c(O)c1.COC(=O)C(C)Oc1ccc(-c2nc(-c3ccc(-c4ccccc4)cc3)nc(-c3ccc(-c4ccccc4)cc3)n2)c(O)c1. The highest BCUT2D eigenvalue weighted by atomic mass is 16.6. The van der Waals surface area contributed by atoms with E-state index < -0.39 is 48.3 Å². The van der Waals surface area contributed by atoms with E-state index in [1.54, 1.807) is 58.0 Å². The molecule has 0 amide bonds. The third-order valence-corrected chi connectivity index (χ3v) is 18.6. The molecule has 2 aromatic heterocycles. The molecule has 22 nitrogen and oxygen atoms in total. The Bertz CT molecular complexity index is 4330. The number of aromatic hydroxyl groups is 4. The van der Waals surface area contributed by atoms with Crippen LogP contribution in [0.5, 0.6) is 46.0 Å². The van der Waals surface area contributed by atoms with Crippen LogP contribution in [-0.2, 0) is 38.1 Å². The second kappa shape index (κ2) is 44.2. The van der Waals surface area contributed by atoms with Gasteiger partial charge in [-0.25, -0.2) is 49.1 Å². The monoisotopic (exact) mass is 1540 g/mol. The van der Waals surface area contributed by atoms with Gasteiger partial charge in [-0.3, -0.25) is 0 Å². The number of methoxy groups -OCH3 is 1. The fourth-order valence-corrected chi connectivity index (χ4v) is 12.2. The topological polar surface area (TPSA) is 300 Å². The highest BCUT2D eigenvalue weighted by Gasteiger charge is 2.25. The number of ether oxygens (including phenoxy) is 8. The van der Waals surface area contributed by atoms with Gasteiger partial charge >= 0.3 is 23.9 Å². The van der Waals surface area contributed by atoms with Crippen molar-refractivity contribution in [1.82, 2.24) is 29.9 Å². The van der Waals surface area contributed by atoms with Crippen LogP contribution in [0.1, 0.15) is 164 Å². The number of esters is 4. The molecule has 4 unspecified atom stereocenters. The zero-order valence-corrected chi connectivity index (χ0v) is 65.9. The third-order valence-electron chi connectivity index (χ3n) is 18.6. The Morgan fingerprint density at radius 1 is 0.283 bits per heavy atom. The van der Waals surface area contributed by atoms with Gasteiger partial charge < -0.3 is 58.3 Å². The molecule has 10 rings (SSSR count). The molecule has 0 saturated carbocycles. The molecular weight excluding hydrogens is 1430 g/mol. The van der Waals surface area contributed by atoms with E-state index >= 15 is 0 Å². The number of phenolic OH excluding ortho intramolecular Hbond substituents is 4. The van der Waals surface area contributed by atoms with Crippen molar-refractivity contribution in [3.8, 4) is 137 Å². The molecule has 0 saturated heterocycles. The summed E-state index contributed by atoms with van der Waals surface area (Å²) < 4.78 is 44.1. The van der Waals surface area contributed by atoms with Crippen molar-refractivity contribution in [2.45, 2.75) is 188 Å². The molecule has 0 aliphatic carbocycles. The Morgan fingerprint density at radius 2 is 0.513 bits per heavy atom. The maximum absolute atomic E-state index is 12.7. The quantitative estimate of drug-likeness (QED) is 0.0157. The number of carbonyl (C=O) groups is 4. The molecule has 8 aromatic carbocycles. The van der Waals surface area contributed by atoms with E-state index in [0.717, 1.165) is 130 Å². The molecule has 594 valence electrons. The first-order valence-electron chi connectivity index (χ1n) is 39.2. The van der Waals surface area contributed by atoms with Crippen LogP contribution in [0, 0.1) is 0 Å². The first-order chi connectivity index (χ1) is 54.8. The summed E-state index contributed by atoms with van der Waals surface area (Å²) in [5.74, 6) is -1.05. The van der Waals surface area contributed by atoms with Crippen molar-refractivity contribution in [2.75, 3.05) is 26.9 Å². The number of aromatic nitrogens is 6. The van der Waals surface area contributed by atoms with Crippen LogP contribution >= 0.6 is 0 Å². The second-order valence-electron chi connectivity index (χ2n) is 27.6. The summed E-state index contributed by atoms with van der Waals surface area (Å²) in [7, 11) is 1.29. The van der Waals surface area contributed by atoms with Gasteiger partial charge in [0.2, 0.25) is 0 Å². The van der Waals surface area contributed by atoms with Crippen molar-refractivity contribution in [2.24, 2.45) is 0 Å². The van der Waals surface area contributed by atoms with E-state index in [4.69, 9.17) is 52.8 Å². The standard InChI is InChI=1S/C54H75N3O12.C37H29N3O4/c1-7-10-13-16-19-22-31-64-52(61)37(4)67-40-25-28-43(46(58)34-40)49-55-50(44-29-26-41(35-47(44)59)68-38(5)53(62)65-32-23-20-17-14-11-8-2)57-51(56-49)45-30-27-42(36-48(45)60)69-39(6)54(63)66-33-24-21-18-15-12-9-3;1-24(37(42)43-2)44-31-21-22-32(33(41)23-31)36-39-34(29-17-13-27(14-18-29)25-9-5-3-6-10-25)38-35(40-36)30-19-15-28(16-20-30)26-11-7-4-8-12-26/h25-30,34-39,58-60H,7-24,31-33H2,1-6H3;3-24,41H,1-2H3. The lowest BCUT2D eigenvalue weighted by Gasteiger charge is -2.16. The number of hydrogen-bond donors (Lipinski definition) is 4. The lowest BCUT2D eigenvalue weighted by Crippen LogP contribution is -2.26. The van der Waals surface area contributed by atoms with Crippen LogP contribution in [-0.4, -0.2) is 126 Å². The minimum Gasteiger partial charge on any atom is -0.507 e. The molecular formula is C91H104N6O16. The second-order valence-corrected chi connectivity index (χ2v) is 27.6. The summed E-state index contributed by atoms with van der Waals surface area (Å²) in [6, 6.07) is 54.2. The molecule has 113 heavy (non-hydrogen) atoms. The van der Waals surface area contributed by atoms with Crippen LogP contribution in [0.2, 0.25) is 0 Å². The molecule has 22 heteroatoms. The molecule has 10 aromatic rings. The van der Waals surface area contributed by atoms with Crippen LogP contribution in [0.25, 0.3) is 90.6 Å². The normalized spacial score (nSPS) is 12.1. The molecule has 0 radical (unpaired) electrons. The maximum atomic E-state index is 12.7. The molecule has 4 N–H and O–H groups in total. The van der Waals surface area contributed by atoms with Gasteiger partial charge in [-0.2, -0.15) is 0 Å². The van der Waals surface area contributed by atoms with Crippen molar-refractivity contribution >= 4 is 23.9 Å². The summed E-state index contributed by atoms with van der Waals surface area (Å²) >= 11 is 0. The Labute approximate surface area is 662 Å². The van der Waals surface area contributed by atoms with E-state index in [-0.39, 0.29) is 74.4 Å². The molecule has 0 spiro atoms. The highest BCUT2D eigenvalue weighted by Crippen LogP contribution is 2.40. The fourth-order valence-electron chi connectivity index (χ4n) is 12.2. The van der Waals surface area contributed by atoms with Gasteiger partial charge in [-0.1, -0.05) is 226 Å². The maximum Gasteiger partial charge on any atom is 0.347 e. The van der Waals surface area contributed by atoms with E-state index in [0.29, 0.717) is 48.6 Å². The van der Waals surface area contributed by atoms with E-state index in [1.165, 1.54) is 68.8 Å². The van der Waals surface area contributed by atoms with Gasteiger partial charge in [-0.15, -0.1) is 0 Å². The number of benzene rings is 8. The molecule has 0 bridgehead atoms. The molecule has 2 heterocycles. The smallest absolute Gasteiger partial charge is 0.347 e. The first kappa shape index (κ1) is 85.1. The predicted molar refractivity (Wildman–Crippen MR) is 435 cm³/mol. The lowest BCUT2D eigenvalue weighted by atomic mass is 10.0. The Hall–Kier alpha value is -11.9. The van der Waals surface area contributed by atoms with Crippen molar-refractivity contribution in [3.63, 3.8) is 0 Å². The molecule has 4 atom stereocenters. The van der Waals surface area contributed by atoms with Crippen molar-refractivity contribution in [3.05, 3.63) is 182 Å². The van der Waals surface area contributed by atoms with Gasteiger partial charge in [-0.05, 0) is 118 Å². The number of phenols is 4. The molecule has 0 aliphatic heterocycles. The average molecular weight is 1540 g/mol. The number of unbranched alkanes of at least 4 members (excludes halogenated alkanes) is 15. The van der Waals surface area contributed by atoms with E-state index in [9.17, 15) is 39.6 Å².